The van der Waals surface area contributed by atoms with Crippen molar-refractivity contribution in [2.45, 2.75) is 13.3 Å². The third-order valence-electron chi connectivity index (χ3n) is 2.36. The lowest BCUT2D eigenvalue weighted by Gasteiger charge is -2.31. The van der Waals surface area contributed by atoms with Gasteiger partial charge in [-0.1, -0.05) is 19.1 Å². The Kier molecular flexibility index (Phi) is 4.33. The standard InChI is InChI=1S/C10H20N2/c1-3-4-5-6-12-9-7-11(2)8-10-12/h4-5H,3,6-10H2,1-2H3/b5-4+. The molecule has 0 spiro atoms. The van der Waals surface area contributed by atoms with Crippen molar-refractivity contribution in [2.24, 2.45) is 0 Å². The van der Waals surface area contributed by atoms with E-state index in [9.17, 15) is 0 Å². The average Bonchev–Trinajstić information content (AvgIpc) is 2.09. The highest BCUT2D eigenvalue weighted by molar-refractivity contribution is 4.85. The Morgan fingerprint density at radius 1 is 1.08 bits per heavy atom. The van der Waals surface area contributed by atoms with E-state index >= 15 is 0 Å². The van der Waals surface area contributed by atoms with Crippen LogP contribution in [0, 0.1) is 0 Å². The quantitative estimate of drug-likeness (QED) is 0.584. The Balaban J connectivity index is 2.13. The summed E-state index contributed by atoms with van der Waals surface area (Å²) in [7, 11) is 2.19. The SMILES string of the molecule is CC/C=C/CN1CCN(C)CC1. The van der Waals surface area contributed by atoms with Crippen molar-refractivity contribution in [2.75, 3.05) is 39.8 Å². The Morgan fingerprint density at radius 2 is 1.75 bits per heavy atom. The van der Waals surface area contributed by atoms with E-state index in [-0.39, 0.29) is 0 Å². The Morgan fingerprint density at radius 3 is 2.33 bits per heavy atom. The van der Waals surface area contributed by atoms with Crippen LogP contribution in [0.4, 0.5) is 0 Å². The summed E-state index contributed by atoms with van der Waals surface area (Å²) in [4.78, 5) is 4.90. The first-order chi connectivity index (χ1) is 5.83. The topological polar surface area (TPSA) is 6.48 Å². The third kappa shape index (κ3) is 3.37. The molecule has 0 bridgehead atoms. The van der Waals surface area contributed by atoms with Crippen LogP contribution in [0.1, 0.15) is 13.3 Å². The number of rotatable bonds is 3. The summed E-state index contributed by atoms with van der Waals surface area (Å²) in [6.45, 7) is 8.22. The molecule has 0 amide bonds. The first-order valence-electron chi connectivity index (χ1n) is 4.89. The zero-order valence-corrected chi connectivity index (χ0v) is 8.29. The maximum atomic E-state index is 2.51. The number of allylic oxidation sites excluding steroid dienone is 1. The minimum absolute atomic E-state index is 1.14. The lowest BCUT2D eigenvalue weighted by atomic mass is 10.3. The molecule has 1 aliphatic heterocycles. The molecule has 0 aromatic carbocycles. The monoisotopic (exact) mass is 168 g/mol. The zero-order valence-electron chi connectivity index (χ0n) is 8.29. The van der Waals surface area contributed by atoms with Crippen LogP contribution in [0.5, 0.6) is 0 Å². The van der Waals surface area contributed by atoms with Crippen molar-refractivity contribution in [1.29, 1.82) is 0 Å². The average molecular weight is 168 g/mol. The first kappa shape index (κ1) is 9.75. The lowest BCUT2D eigenvalue weighted by Crippen LogP contribution is -2.44. The minimum Gasteiger partial charge on any atom is -0.304 e. The highest BCUT2D eigenvalue weighted by Gasteiger charge is 2.11. The molecule has 2 nitrogen and oxygen atoms in total. The predicted molar refractivity (Wildman–Crippen MR) is 53.4 cm³/mol. The molecule has 0 N–H and O–H groups in total. The predicted octanol–water partition coefficient (Wildman–Crippen LogP) is 1.20. The molecule has 0 atom stereocenters. The first-order valence-corrected chi connectivity index (χ1v) is 4.89. The Hall–Kier alpha value is -0.340. The van der Waals surface area contributed by atoms with Gasteiger partial charge in [0.15, 0.2) is 0 Å². The van der Waals surface area contributed by atoms with Gasteiger partial charge in [0.25, 0.3) is 0 Å². The molecule has 1 saturated heterocycles. The second kappa shape index (κ2) is 5.33. The van der Waals surface area contributed by atoms with Gasteiger partial charge in [0.05, 0.1) is 0 Å². The summed E-state index contributed by atoms with van der Waals surface area (Å²) in [6, 6.07) is 0. The van der Waals surface area contributed by atoms with Crippen molar-refractivity contribution in [3.8, 4) is 0 Å². The lowest BCUT2D eigenvalue weighted by molar-refractivity contribution is 0.166. The number of piperazine rings is 1. The molecule has 12 heavy (non-hydrogen) atoms. The second-order valence-corrected chi connectivity index (χ2v) is 3.48. The van der Waals surface area contributed by atoms with Crippen LogP contribution in [-0.2, 0) is 0 Å². The van der Waals surface area contributed by atoms with Crippen molar-refractivity contribution in [3.05, 3.63) is 12.2 Å². The van der Waals surface area contributed by atoms with Gasteiger partial charge in [0, 0.05) is 32.7 Å². The molecular formula is C10H20N2. The van der Waals surface area contributed by atoms with Crippen LogP contribution >= 0.6 is 0 Å². The van der Waals surface area contributed by atoms with Gasteiger partial charge in [-0.25, -0.2) is 0 Å². The van der Waals surface area contributed by atoms with Gasteiger partial charge in [0.1, 0.15) is 0 Å². The van der Waals surface area contributed by atoms with Crippen LogP contribution in [-0.4, -0.2) is 49.6 Å². The van der Waals surface area contributed by atoms with E-state index in [0.29, 0.717) is 0 Å². The van der Waals surface area contributed by atoms with Crippen LogP contribution in [0.3, 0.4) is 0 Å². The number of hydrogen-bond donors (Lipinski definition) is 0. The van der Waals surface area contributed by atoms with Crippen molar-refractivity contribution in [1.82, 2.24) is 9.80 Å². The van der Waals surface area contributed by atoms with Gasteiger partial charge < -0.3 is 4.90 Å². The summed E-state index contributed by atoms with van der Waals surface area (Å²) in [6.07, 6.45) is 5.69. The number of likely N-dealkylation sites (N-methyl/N-ethyl adjacent to an activating group) is 1. The fraction of sp³-hybridized carbons (Fsp3) is 0.800. The molecule has 0 unspecified atom stereocenters. The van der Waals surface area contributed by atoms with E-state index in [4.69, 9.17) is 0 Å². The molecule has 1 rings (SSSR count). The summed E-state index contributed by atoms with van der Waals surface area (Å²) in [5.41, 5.74) is 0. The van der Waals surface area contributed by atoms with E-state index in [0.717, 1.165) is 13.0 Å². The van der Waals surface area contributed by atoms with E-state index in [1.54, 1.807) is 0 Å². The van der Waals surface area contributed by atoms with Crippen molar-refractivity contribution < 1.29 is 0 Å². The molecular weight excluding hydrogens is 148 g/mol. The van der Waals surface area contributed by atoms with Crippen molar-refractivity contribution in [3.63, 3.8) is 0 Å². The fourth-order valence-corrected chi connectivity index (χ4v) is 1.42. The van der Waals surface area contributed by atoms with Crippen LogP contribution < -0.4 is 0 Å². The molecule has 70 valence electrons. The van der Waals surface area contributed by atoms with Crippen LogP contribution in [0.15, 0.2) is 12.2 Å². The van der Waals surface area contributed by atoms with Gasteiger partial charge in [-0.15, -0.1) is 0 Å². The van der Waals surface area contributed by atoms with E-state index in [1.165, 1.54) is 26.2 Å². The highest BCUT2D eigenvalue weighted by Crippen LogP contribution is 1.98. The van der Waals surface area contributed by atoms with Crippen molar-refractivity contribution >= 4 is 0 Å². The molecule has 0 aromatic rings. The van der Waals surface area contributed by atoms with Gasteiger partial charge in [-0.2, -0.15) is 0 Å². The summed E-state index contributed by atoms with van der Waals surface area (Å²) in [5.74, 6) is 0. The minimum atomic E-state index is 1.14. The molecule has 1 fully saturated rings. The maximum Gasteiger partial charge on any atom is 0.0164 e. The molecule has 2 heteroatoms. The zero-order chi connectivity index (χ0) is 8.81. The Labute approximate surface area is 75.8 Å². The van der Waals surface area contributed by atoms with Crippen LogP contribution in [0.25, 0.3) is 0 Å². The van der Waals surface area contributed by atoms with E-state index in [1.807, 2.05) is 0 Å². The Bertz CT molecular complexity index is 135. The summed E-state index contributed by atoms with van der Waals surface area (Å²) in [5, 5.41) is 0. The number of nitrogens with zero attached hydrogens (tertiary/aromatic N) is 2. The molecule has 0 aromatic heterocycles. The van der Waals surface area contributed by atoms with Gasteiger partial charge >= 0.3 is 0 Å². The smallest absolute Gasteiger partial charge is 0.0164 e. The van der Waals surface area contributed by atoms with E-state index < -0.39 is 0 Å². The maximum absolute atomic E-state index is 2.51. The third-order valence-corrected chi connectivity index (χ3v) is 2.36. The summed E-state index contributed by atoms with van der Waals surface area (Å²) < 4.78 is 0. The summed E-state index contributed by atoms with van der Waals surface area (Å²) >= 11 is 0. The van der Waals surface area contributed by atoms with E-state index in [2.05, 4.69) is 35.9 Å². The molecule has 0 radical (unpaired) electrons. The van der Waals surface area contributed by atoms with Gasteiger partial charge in [-0.05, 0) is 13.5 Å². The highest BCUT2D eigenvalue weighted by atomic mass is 15.2. The van der Waals surface area contributed by atoms with Gasteiger partial charge in [-0.3, -0.25) is 4.90 Å². The molecule has 1 heterocycles. The van der Waals surface area contributed by atoms with Crippen LogP contribution in [0.2, 0.25) is 0 Å². The second-order valence-electron chi connectivity index (χ2n) is 3.48. The normalized spacial score (nSPS) is 22.2. The fourth-order valence-electron chi connectivity index (χ4n) is 1.42. The largest absolute Gasteiger partial charge is 0.304 e. The number of hydrogen-bond acceptors (Lipinski definition) is 2. The molecule has 0 saturated carbocycles. The molecule has 1 aliphatic rings. The van der Waals surface area contributed by atoms with Gasteiger partial charge in [0.2, 0.25) is 0 Å². The molecule has 0 aliphatic carbocycles.